The summed E-state index contributed by atoms with van der Waals surface area (Å²) in [5.41, 5.74) is 2.87. The van der Waals surface area contributed by atoms with Crippen LogP contribution in [0.2, 0.25) is 0 Å². The Bertz CT molecular complexity index is 472. The van der Waals surface area contributed by atoms with Crippen LogP contribution in [0.5, 0.6) is 0 Å². The maximum absolute atomic E-state index is 11.6. The Morgan fingerprint density at radius 3 is 3.00 bits per heavy atom. The van der Waals surface area contributed by atoms with Crippen LogP contribution in [0.4, 0.5) is 0 Å². The van der Waals surface area contributed by atoms with Gasteiger partial charge >= 0.3 is 0 Å². The van der Waals surface area contributed by atoms with Gasteiger partial charge in [-0.15, -0.1) is 0 Å². The van der Waals surface area contributed by atoms with Gasteiger partial charge in [0.2, 0.25) is 0 Å². The van der Waals surface area contributed by atoms with Crippen LogP contribution < -0.4 is 0 Å². The van der Waals surface area contributed by atoms with E-state index in [-0.39, 0.29) is 11.2 Å². The molecule has 1 heteroatoms. The maximum Gasteiger partial charge on any atom is 0.156 e. The van der Waals surface area contributed by atoms with Crippen molar-refractivity contribution in [3.8, 4) is 0 Å². The molecule has 0 fully saturated rings. The second-order valence-corrected chi connectivity index (χ2v) is 5.22. The lowest BCUT2D eigenvalue weighted by molar-refractivity contribution is -0.116. The van der Waals surface area contributed by atoms with Crippen molar-refractivity contribution < 1.29 is 4.79 Å². The molecule has 1 aromatic rings. The first-order valence-corrected chi connectivity index (χ1v) is 5.99. The van der Waals surface area contributed by atoms with Crippen molar-refractivity contribution in [1.29, 1.82) is 0 Å². The number of hydrogen-bond acceptors (Lipinski definition) is 1. The first-order chi connectivity index (χ1) is 7.70. The van der Waals surface area contributed by atoms with Gasteiger partial charge in [0.15, 0.2) is 5.78 Å². The quantitative estimate of drug-likeness (QED) is 0.646. The summed E-state index contributed by atoms with van der Waals surface area (Å²) in [6.07, 6.45) is 6.90. The highest BCUT2D eigenvalue weighted by Gasteiger charge is 2.41. The Kier molecular flexibility index (Phi) is 2.03. The number of carbonyl (C=O) groups excluding carboxylic acids is 1. The highest BCUT2D eigenvalue weighted by Crippen LogP contribution is 2.46. The summed E-state index contributed by atoms with van der Waals surface area (Å²) in [4.78, 5) is 11.6. The molecule has 0 saturated carbocycles. The molecule has 2 aliphatic rings. The zero-order valence-electron chi connectivity index (χ0n) is 9.57. The summed E-state index contributed by atoms with van der Waals surface area (Å²) in [6, 6.07) is 8.60. The first kappa shape index (κ1) is 9.83. The number of fused-ring (bicyclic) bond motifs is 3. The van der Waals surface area contributed by atoms with Gasteiger partial charge in [-0.25, -0.2) is 0 Å². The van der Waals surface area contributed by atoms with E-state index in [9.17, 15) is 4.79 Å². The Morgan fingerprint density at radius 2 is 2.12 bits per heavy atom. The molecule has 3 rings (SSSR count). The fourth-order valence-electron chi connectivity index (χ4n) is 3.30. The molecule has 0 aromatic heterocycles. The third kappa shape index (κ3) is 1.27. The summed E-state index contributed by atoms with van der Waals surface area (Å²) in [5.74, 6) is 0.815. The van der Waals surface area contributed by atoms with Crippen LogP contribution in [0.1, 0.15) is 30.9 Å². The van der Waals surface area contributed by atoms with Gasteiger partial charge in [0.25, 0.3) is 0 Å². The molecule has 0 heterocycles. The molecule has 0 radical (unpaired) electrons. The number of rotatable bonds is 0. The van der Waals surface area contributed by atoms with Gasteiger partial charge in [-0.05, 0) is 36.0 Å². The van der Waals surface area contributed by atoms with Crippen molar-refractivity contribution in [3.05, 3.63) is 47.5 Å². The molecular weight excluding hydrogens is 196 g/mol. The van der Waals surface area contributed by atoms with Gasteiger partial charge in [0, 0.05) is 11.8 Å². The number of aryl methyl sites for hydroxylation is 1. The highest BCUT2D eigenvalue weighted by atomic mass is 16.1. The second kappa shape index (κ2) is 3.31. The Hall–Kier alpha value is -1.37. The number of allylic oxidation sites excluding steroid dienone is 2. The van der Waals surface area contributed by atoms with E-state index in [0.29, 0.717) is 12.3 Å². The lowest BCUT2D eigenvalue weighted by Crippen LogP contribution is -2.39. The molecular formula is C15H16O. The predicted octanol–water partition coefficient (Wildman–Crippen LogP) is 3.04. The average molecular weight is 212 g/mol. The van der Waals surface area contributed by atoms with Crippen molar-refractivity contribution >= 4 is 5.78 Å². The van der Waals surface area contributed by atoms with Gasteiger partial charge in [-0.2, -0.15) is 0 Å². The molecule has 0 bridgehead atoms. The van der Waals surface area contributed by atoms with E-state index in [4.69, 9.17) is 0 Å². The van der Waals surface area contributed by atoms with Crippen LogP contribution in [-0.2, 0) is 16.6 Å². The topological polar surface area (TPSA) is 17.1 Å². The van der Waals surface area contributed by atoms with Gasteiger partial charge in [0.05, 0.1) is 0 Å². The minimum Gasteiger partial charge on any atom is -0.295 e. The molecule has 0 aliphatic heterocycles. The lowest BCUT2D eigenvalue weighted by atomic mass is 9.60. The Labute approximate surface area is 96.2 Å². The van der Waals surface area contributed by atoms with E-state index in [2.05, 4.69) is 37.3 Å². The van der Waals surface area contributed by atoms with E-state index < -0.39 is 0 Å². The van der Waals surface area contributed by atoms with Crippen LogP contribution in [-0.4, -0.2) is 5.78 Å². The molecule has 1 nitrogen and oxygen atoms in total. The van der Waals surface area contributed by atoms with Crippen molar-refractivity contribution in [1.82, 2.24) is 0 Å². The second-order valence-electron chi connectivity index (χ2n) is 5.22. The van der Waals surface area contributed by atoms with Crippen molar-refractivity contribution in [2.75, 3.05) is 0 Å². The molecule has 82 valence electrons. The summed E-state index contributed by atoms with van der Waals surface area (Å²) < 4.78 is 0. The van der Waals surface area contributed by atoms with Crippen molar-refractivity contribution in [2.24, 2.45) is 5.92 Å². The summed E-state index contributed by atoms with van der Waals surface area (Å²) in [6.45, 7) is 2.25. The van der Waals surface area contributed by atoms with Crippen LogP contribution in [0, 0.1) is 5.92 Å². The number of ketones is 1. The maximum atomic E-state index is 11.6. The predicted molar refractivity (Wildman–Crippen MR) is 64.4 cm³/mol. The normalized spacial score (nSPS) is 32.1. The van der Waals surface area contributed by atoms with Gasteiger partial charge in [-0.1, -0.05) is 37.3 Å². The van der Waals surface area contributed by atoms with Gasteiger partial charge in [-0.3, -0.25) is 4.79 Å². The lowest BCUT2D eigenvalue weighted by Gasteiger charge is -2.43. The Balaban J connectivity index is 2.16. The smallest absolute Gasteiger partial charge is 0.156 e. The minimum atomic E-state index is 0.0423. The third-order valence-electron chi connectivity index (χ3n) is 4.23. The largest absolute Gasteiger partial charge is 0.295 e. The molecule has 0 saturated heterocycles. The molecule has 0 amide bonds. The molecule has 1 aromatic carbocycles. The molecule has 16 heavy (non-hydrogen) atoms. The van der Waals surface area contributed by atoms with E-state index in [1.807, 2.05) is 0 Å². The molecule has 2 atom stereocenters. The number of carbonyl (C=O) groups is 1. The molecule has 0 N–H and O–H groups in total. The fraction of sp³-hybridized carbons (Fsp3) is 0.400. The number of hydrogen-bond donors (Lipinski definition) is 0. The summed E-state index contributed by atoms with van der Waals surface area (Å²) >= 11 is 0. The van der Waals surface area contributed by atoms with Crippen LogP contribution in [0.15, 0.2) is 36.4 Å². The first-order valence-electron chi connectivity index (χ1n) is 5.99. The zero-order chi connectivity index (χ0) is 11.2. The van der Waals surface area contributed by atoms with Crippen LogP contribution in [0.25, 0.3) is 0 Å². The minimum absolute atomic E-state index is 0.0423. The van der Waals surface area contributed by atoms with Gasteiger partial charge < -0.3 is 0 Å². The zero-order valence-corrected chi connectivity index (χ0v) is 9.57. The van der Waals surface area contributed by atoms with Crippen molar-refractivity contribution in [2.45, 2.75) is 31.6 Å². The van der Waals surface area contributed by atoms with E-state index >= 15 is 0 Å². The fourth-order valence-corrected chi connectivity index (χ4v) is 3.30. The summed E-state index contributed by atoms with van der Waals surface area (Å²) in [5, 5.41) is 0. The van der Waals surface area contributed by atoms with E-state index in [0.717, 1.165) is 6.42 Å². The third-order valence-corrected chi connectivity index (χ3v) is 4.23. The van der Waals surface area contributed by atoms with E-state index in [1.54, 1.807) is 6.08 Å². The van der Waals surface area contributed by atoms with Crippen molar-refractivity contribution in [3.63, 3.8) is 0 Å². The number of benzene rings is 1. The van der Waals surface area contributed by atoms with Crippen LogP contribution in [0.3, 0.4) is 0 Å². The van der Waals surface area contributed by atoms with Gasteiger partial charge in [0.1, 0.15) is 0 Å². The average Bonchev–Trinajstić information content (AvgIpc) is 2.28. The molecule has 0 unspecified atom stereocenters. The standard InChI is InChI=1S/C15H16O/c1-15-10-13(16)9-8-12(15)7-6-11-4-2-3-5-14(11)15/h2-5,8-9,12H,6-7,10H2,1H3/t12-,15-/m1/s1. The molecule has 0 spiro atoms. The highest BCUT2D eigenvalue weighted by molar-refractivity contribution is 5.92. The van der Waals surface area contributed by atoms with E-state index in [1.165, 1.54) is 17.5 Å². The van der Waals surface area contributed by atoms with Crippen LogP contribution >= 0.6 is 0 Å². The monoisotopic (exact) mass is 212 g/mol. The SMILES string of the molecule is C[C@@]12CC(=O)C=C[C@H]1CCc1ccccc12. The summed E-state index contributed by atoms with van der Waals surface area (Å²) in [7, 11) is 0. The molecule has 2 aliphatic carbocycles. The Morgan fingerprint density at radius 1 is 1.31 bits per heavy atom.